The maximum atomic E-state index is 2.59. The average molecular weight is 252 g/mol. The fourth-order valence-corrected chi connectivity index (χ4v) is 4.04. The monoisotopic (exact) mass is 252 g/mol. The Morgan fingerprint density at radius 1 is 0.778 bits per heavy atom. The van der Waals surface area contributed by atoms with Crippen LogP contribution in [0.15, 0.2) is 0 Å². The Bertz CT molecular complexity index is 224. The van der Waals surface area contributed by atoms with Crippen molar-refractivity contribution in [3.8, 4) is 0 Å². The Morgan fingerprint density at radius 2 is 1.22 bits per heavy atom. The molecule has 0 heterocycles. The van der Waals surface area contributed by atoms with E-state index in [2.05, 4.69) is 34.6 Å². The van der Waals surface area contributed by atoms with E-state index in [9.17, 15) is 0 Å². The second kappa shape index (κ2) is 6.96. The summed E-state index contributed by atoms with van der Waals surface area (Å²) in [5, 5.41) is 0. The minimum atomic E-state index is 0.661. The van der Waals surface area contributed by atoms with Crippen molar-refractivity contribution in [3.05, 3.63) is 0 Å². The van der Waals surface area contributed by atoms with E-state index in [0.717, 1.165) is 5.92 Å². The van der Waals surface area contributed by atoms with Gasteiger partial charge < -0.3 is 0 Å². The zero-order valence-corrected chi connectivity index (χ0v) is 13.6. The normalized spacial score (nSPS) is 35.5. The summed E-state index contributed by atoms with van der Waals surface area (Å²) in [6, 6.07) is 0. The van der Waals surface area contributed by atoms with Crippen molar-refractivity contribution in [2.45, 2.75) is 98.8 Å². The van der Waals surface area contributed by atoms with Gasteiger partial charge in [0.15, 0.2) is 0 Å². The zero-order chi connectivity index (χ0) is 13.6. The largest absolute Gasteiger partial charge is 0.0656 e. The molecule has 2 unspecified atom stereocenters. The van der Waals surface area contributed by atoms with Gasteiger partial charge in [-0.3, -0.25) is 0 Å². The molecule has 0 bridgehead atoms. The highest BCUT2D eigenvalue weighted by Crippen LogP contribution is 2.57. The van der Waals surface area contributed by atoms with Crippen LogP contribution in [0.5, 0.6) is 0 Å². The standard InChI is InChI=1S/C15H28.C3H8/c1-13-7-6-11-15(3,12-8-13)14(2)9-4-5-10-14;1-3-2/h13H,4-12H2,1-3H3;3H2,1-2H3. The number of hydrogen-bond acceptors (Lipinski definition) is 0. The molecule has 0 amide bonds. The molecular formula is C18H36. The van der Waals surface area contributed by atoms with Gasteiger partial charge in [-0.05, 0) is 42.4 Å². The van der Waals surface area contributed by atoms with Crippen LogP contribution in [-0.4, -0.2) is 0 Å². The van der Waals surface area contributed by atoms with E-state index in [4.69, 9.17) is 0 Å². The molecule has 2 aliphatic rings. The molecule has 0 heteroatoms. The summed E-state index contributed by atoms with van der Waals surface area (Å²) in [6.45, 7) is 11.9. The molecule has 0 aromatic heterocycles. The van der Waals surface area contributed by atoms with Crippen molar-refractivity contribution >= 4 is 0 Å². The van der Waals surface area contributed by atoms with Gasteiger partial charge in [0.1, 0.15) is 0 Å². The highest BCUT2D eigenvalue weighted by molar-refractivity contribution is 4.96. The molecule has 0 aromatic carbocycles. The second-order valence-corrected chi connectivity index (χ2v) is 7.57. The molecule has 0 N–H and O–H groups in total. The molecule has 2 saturated carbocycles. The quantitative estimate of drug-likeness (QED) is 0.462. The third-order valence-electron chi connectivity index (χ3n) is 5.78. The molecule has 2 atom stereocenters. The lowest BCUT2D eigenvalue weighted by Gasteiger charge is -2.44. The maximum Gasteiger partial charge on any atom is -0.0272 e. The predicted molar refractivity (Wildman–Crippen MR) is 82.9 cm³/mol. The smallest absolute Gasteiger partial charge is 0.0272 e. The van der Waals surface area contributed by atoms with E-state index >= 15 is 0 Å². The topological polar surface area (TPSA) is 0 Å². The summed E-state index contributed by atoms with van der Waals surface area (Å²) >= 11 is 0. The van der Waals surface area contributed by atoms with Gasteiger partial charge >= 0.3 is 0 Å². The van der Waals surface area contributed by atoms with E-state index < -0.39 is 0 Å². The summed E-state index contributed by atoms with van der Waals surface area (Å²) in [4.78, 5) is 0. The summed E-state index contributed by atoms with van der Waals surface area (Å²) in [7, 11) is 0. The molecule has 2 rings (SSSR count). The molecule has 18 heavy (non-hydrogen) atoms. The fourth-order valence-electron chi connectivity index (χ4n) is 4.04. The van der Waals surface area contributed by atoms with E-state index in [0.29, 0.717) is 10.8 Å². The Balaban J connectivity index is 0.000000492. The van der Waals surface area contributed by atoms with Crippen LogP contribution in [0.4, 0.5) is 0 Å². The van der Waals surface area contributed by atoms with Crippen LogP contribution in [0.1, 0.15) is 98.8 Å². The van der Waals surface area contributed by atoms with E-state index in [1.807, 2.05) is 0 Å². The number of rotatable bonds is 1. The van der Waals surface area contributed by atoms with Crippen molar-refractivity contribution < 1.29 is 0 Å². The van der Waals surface area contributed by atoms with Gasteiger partial charge in [-0.25, -0.2) is 0 Å². The van der Waals surface area contributed by atoms with Crippen molar-refractivity contribution in [2.24, 2.45) is 16.7 Å². The van der Waals surface area contributed by atoms with Crippen LogP contribution in [0, 0.1) is 16.7 Å². The molecule has 0 aliphatic heterocycles. The molecule has 0 nitrogen and oxygen atoms in total. The SMILES string of the molecule is CC1CCCC(C)(C2(C)CCCC2)CC1.CCC. The third kappa shape index (κ3) is 3.75. The first-order valence-corrected chi connectivity index (χ1v) is 8.47. The Hall–Kier alpha value is 0. The van der Waals surface area contributed by atoms with Crippen LogP contribution >= 0.6 is 0 Å². The van der Waals surface area contributed by atoms with Crippen molar-refractivity contribution in [1.29, 1.82) is 0 Å². The fraction of sp³-hybridized carbons (Fsp3) is 1.00. The van der Waals surface area contributed by atoms with Gasteiger partial charge in [-0.2, -0.15) is 0 Å². The van der Waals surface area contributed by atoms with Gasteiger partial charge in [-0.15, -0.1) is 0 Å². The zero-order valence-electron chi connectivity index (χ0n) is 13.6. The third-order valence-corrected chi connectivity index (χ3v) is 5.78. The lowest BCUT2D eigenvalue weighted by atomic mass is 9.60. The second-order valence-electron chi connectivity index (χ2n) is 7.57. The molecule has 2 aliphatic carbocycles. The predicted octanol–water partition coefficient (Wildman–Crippen LogP) is 6.59. The minimum absolute atomic E-state index is 0.661. The summed E-state index contributed by atoms with van der Waals surface area (Å²) < 4.78 is 0. The molecule has 0 radical (unpaired) electrons. The molecule has 0 aromatic rings. The van der Waals surface area contributed by atoms with Gasteiger partial charge in [0.25, 0.3) is 0 Å². The lowest BCUT2D eigenvalue weighted by Crippen LogP contribution is -2.35. The van der Waals surface area contributed by atoms with E-state index in [1.54, 1.807) is 0 Å². The van der Waals surface area contributed by atoms with Crippen LogP contribution in [0.25, 0.3) is 0 Å². The van der Waals surface area contributed by atoms with Crippen LogP contribution < -0.4 is 0 Å². The van der Waals surface area contributed by atoms with Crippen LogP contribution in [-0.2, 0) is 0 Å². The first-order chi connectivity index (χ1) is 8.47. The van der Waals surface area contributed by atoms with E-state index in [1.165, 1.54) is 64.2 Å². The minimum Gasteiger partial charge on any atom is -0.0656 e. The Morgan fingerprint density at radius 3 is 1.78 bits per heavy atom. The molecule has 108 valence electrons. The van der Waals surface area contributed by atoms with Gasteiger partial charge in [0.05, 0.1) is 0 Å². The first kappa shape index (κ1) is 16.1. The molecular weight excluding hydrogens is 216 g/mol. The molecule has 2 fully saturated rings. The average Bonchev–Trinajstić information content (AvgIpc) is 2.68. The Labute approximate surface area is 116 Å². The molecule has 0 saturated heterocycles. The maximum absolute atomic E-state index is 2.59. The lowest BCUT2D eigenvalue weighted by molar-refractivity contribution is 0.0562. The van der Waals surface area contributed by atoms with Crippen LogP contribution in [0.2, 0.25) is 0 Å². The highest BCUT2D eigenvalue weighted by atomic mass is 14.5. The summed E-state index contributed by atoms with van der Waals surface area (Å²) in [6.07, 6.45) is 14.6. The van der Waals surface area contributed by atoms with E-state index in [-0.39, 0.29) is 0 Å². The molecule has 0 spiro atoms. The van der Waals surface area contributed by atoms with Gasteiger partial charge in [-0.1, -0.05) is 73.1 Å². The number of hydrogen-bond donors (Lipinski definition) is 0. The van der Waals surface area contributed by atoms with Crippen molar-refractivity contribution in [3.63, 3.8) is 0 Å². The van der Waals surface area contributed by atoms with Crippen molar-refractivity contribution in [2.75, 3.05) is 0 Å². The summed E-state index contributed by atoms with van der Waals surface area (Å²) in [5.74, 6) is 0.983. The Kier molecular flexibility index (Phi) is 6.21. The van der Waals surface area contributed by atoms with Gasteiger partial charge in [0.2, 0.25) is 0 Å². The van der Waals surface area contributed by atoms with Gasteiger partial charge in [0, 0.05) is 0 Å². The van der Waals surface area contributed by atoms with Crippen LogP contribution in [0.3, 0.4) is 0 Å². The summed E-state index contributed by atoms with van der Waals surface area (Å²) in [5.41, 5.74) is 1.34. The van der Waals surface area contributed by atoms with Crippen molar-refractivity contribution in [1.82, 2.24) is 0 Å². The highest BCUT2D eigenvalue weighted by Gasteiger charge is 2.45. The first-order valence-electron chi connectivity index (χ1n) is 8.47.